The molecule has 1 aromatic carbocycles. The number of nitrogens with zero attached hydrogens (tertiary/aromatic N) is 2. The van der Waals surface area contributed by atoms with E-state index in [2.05, 4.69) is 23.2 Å². The molecule has 1 aliphatic carbocycles. The average molecular weight is 213 g/mol. The van der Waals surface area contributed by atoms with Crippen molar-refractivity contribution in [3.63, 3.8) is 0 Å². The molecule has 2 N–H and O–H groups in total. The fourth-order valence-electron chi connectivity index (χ4n) is 2.43. The minimum absolute atomic E-state index is 0.227. The van der Waals surface area contributed by atoms with Crippen molar-refractivity contribution in [2.75, 3.05) is 0 Å². The number of imidazole rings is 1. The number of nitrogens with two attached hydrogens (primary N) is 1. The molecule has 0 saturated heterocycles. The Morgan fingerprint density at radius 1 is 1.44 bits per heavy atom. The molecular formula is C13H15N3. The van der Waals surface area contributed by atoms with Crippen molar-refractivity contribution < 1.29 is 0 Å². The summed E-state index contributed by atoms with van der Waals surface area (Å²) >= 11 is 0. The maximum Gasteiger partial charge on any atom is 0.139 e. The van der Waals surface area contributed by atoms with Crippen LogP contribution in [-0.4, -0.2) is 9.55 Å². The Morgan fingerprint density at radius 3 is 3.06 bits per heavy atom. The van der Waals surface area contributed by atoms with Crippen molar-refractivity contribution in [1.29, 1.82) is 0 Å². The van der Waals surface area contributed by atoms with Gasteiger partial charge in [-0.3, -0.25) is 0 Å². The van der Waals surface area contributed by atoms with E-state index in [4.69, 9.17) is 5.73 Å². The molecule has 0 aliphatic heterocycles. The zero-order chi connectivity index (χ0) is 11.1. The molecule has 16 heavy (non-hydrogen) atoms. The first-order chi connectivity index (χ1) is 7.75. The highest BCUT2D eigenvalue weighted by Gasteiger charge is 2.19. The molecule has 0 bridgehead atoms. The number of hydrogen-bond donors (Lipinski definition) is 1. The lowest BCUT2D eigenvalue weighted by molar-refractivity contribution is 0.713. The highest BCUT2D eigenvalue weighted by molar-refractivity contribution is 5.59. The largest absolute Gasteiger partial charge is 0.334 e. The SMILES string of the molecule is Cn1ccnc1-c1ccc2c(c1)CCC2N. The molecule has 0 radical (unpaired) electrons. The summed E-state index contributed by atoms with van der Waals surface area (Å²) in [5.41, 5.74) is 9.89. The summed E-state index contributed by atoms with van der Waals surface area (Å²) in [6.07, 6.45) is 5.96. The summed E-state index contributed by atoms with van der Waals surface area (Å²) in [4.78, 5) is 4.36. The van der Waals surface area contributed by atoms with E-state index in [-0.39, 0.29) is 6.04 Å². The van der Waals surface area contributed by atoms with Crippen LogP contribution >= 0.6 is 0 Å². The highest BCUT2D eigenvalue weighted by Crippen LogP contribution is 2.32. The third-order valence-corrected chi connectivity index (χ3v) is 3.35. The third kappa shape index (κ3) is 1.36. The van der Waals surface area contributed by atoms with E-state index in [0.29, 0.717) is 0 Å². The van der Waals surface area contributed by atoms with Gasteiger partial charge < -0.3 is 10.3 Å². The summed E-state index contributed by atoms with van der Waals surface area (Å²) in [6.45, 7) is 0. The molecule has 82 valence electrons. The van der Waals surface area contributed by atoms with Crippen molar-refractivity contribution in [3.8, 4) is 11.4 Å². The van der Waals surface area contributed by atoms with Crippen LogP contribution in [-0.2, 0) is 13.5 Å². The minimum atomic E-state index is 0.227. The predicted octanol–water partition coefficient (Wildman–Crippen LogP) is 2.03. The Labute approximate surface area is 94.9 Å². The zero-order valence-corrected chi connectivity index (χ0v) is 9.35. The van der Waals surface area contributed by atoms with Gasteiger partial charge >= 0.3 is 0 Å². The first-order valence-corrected chi connectivity index (χ1v) is 5.62. The van der Waals surface area contributed by atoms with Gasteiger partial charge in [0, 0.05) is 31.0 Å². The lowest BCUT2D eigenvalue weighted by Crippen LogP contribution is -2.04. The Hall–Kier alpha value is -1.61. The monoisotopic (exact) mass is 213 g/mol. The quantitative estimate of drug-likeness (QED) is 0.787. The van der Waals surface area contributed by atoms with Crippen molar-refractivity contribution in [3.05, 3.63) is 41.7 Å². The number of hydrogen-bond acceptors (Lipinski definition) is 2. The molecule has 2 aromatic rings. The Kier molecular flexibility index (Phi) is 2.07. The Bertz CT molecular complexity index is 528. The molecule has 1 aromatic heterocycles. The molecule has 1 atom stereocenters. The van der Waals surface area contributed by atoms with Crippen LogP contribution in [0.1, 0.15) is 23.6 Å². The molecule has 1 unspecified atom stereocenters. The molecule has 3 nitrogen and oxygen atoms in total. The van der Waals surface area contributed by atoms with E-state index in [1.54, 1.807) is 0 Å². The zero-order valence-electron chi connectivity index (χ0n) is 9.35. The van der Waals surface area contributed by atoms with Gasteiger partial charge in [0.1, 0.15) is 5.82 Å². The number of aryl methyl sites for hydroxylation is 2. The van der Waals surface area contributed by atoms with Gasteiger partial charge in [-0.15, -0.1) is 0 Å². The minimum Gasteiger partial charge on any atom is -0.334 e. The molecule has 3 rings (SSSR count). The van der Waals surface area contributed by atoms with E-state index < -0.39 is 0 Å². The topological polar surface area (TPSA) is 43.8 Å². The van der Waals surface area contributed by atoms with Gasteiger partial charge in [-0.25, -0.2) is 4.98 Å². The molecule has 0 amide bonds. The first-order valence-electron chi connectivity index (χ1n) is 5.62. The standard InChI is InChI=1S/C13H15N3/c1-16-7-6-15-13(16)10-2-4-11-9(8-10)3-5-12(11)14/h2,4,6-8,12H,3,5,14H2,1H3. The summed E-state index contributed by atoms with van der Waals surface area (Å²) in [5, 5.41) is 0. The van der Waals surface area contributed by atoms with Crippen molar-refractivity contribution in [2.45, 2.75) is 18.9 Å². The fourth-order valence-corrected chi connectivity index (χ4v) is 2.43. The van der Waals surface area contributed by atoms with Crippen LogP contribution in [0.25, 0.3) is 11.4 Å². The Morgan fingerprint density at radius 2 is 2.31 bits per heavy atom. The molecular weight excluding hydrogens is 198 g/mol. The molecule has 0 fully saturated rings. The van der Waals surface area contributed by atoms with Crippen LogP contribution < -0.4 is 5.73 Å². The van der Waals surface area contributed by atoms with E-state index in [0.717, 1.165) is 18.7 Å². The lowest BCUT2D eigenvalue weighted by Gasteiger charge is -2.07. The molecule has 1 aliphatic rings. The average Bonchev–Trinajstić information content (AvgIpc) is 2.86. The van der Waals surface area contributed by atoms with Gasteiger partial charge in [0.2, 0.25) is 0 Å². The van der Waals surface area contributed by atoms with Crippen LogP contribution in [0.5, 0.6) is 0 Å². The first kappa shape index (κ1) is 9.60. The normalized spacial score (nSPS) is 18.8. The van der Waals surface area contributed by atoms with Crippen molar-refractivity contribution in [1.82, 2.24) is 9.55 Å². The number of benzene rings is 1. The van der Waals surface area contributed by atoms with Crippen LogP contribution in [0.3, 0.4) is 0 Å². The summed E-state index contributed by atoms with van der Waals surface area (Å²) in [5.74, 6) is 1.02. The Balaban J connectivity index is 2.09. The molecule has 1 heterocycles. The number of rotatable bonds is 1. The number of aromatic nitrogens is 2. The second kappa shape index (κ2) is 3.46. The molecule has 0 spiro atoms. The van der Waals surface area contributed by atoms with Gasteiger partial charge in [-0.2, -0.15) is 0 Å². The second-order valence-electron chi connectivity index (χ2n) is 4.42. The van der Waals surface area contributed by atoms with Crippen LogP contribution in [0.4, 0.5) is 0 Å². The summed E-state index contributed by atoms with van der Waals surface area (Å²) in [6, 6.07) is 6.72. The van der Waals surface area contributed by atoms with Crippen LogP contribution in [0, 0.1) is 0 Å². The van der Waals surface area contributed by atoms with E-state index in [1.807, 2.05) is 24.0 Å². The van der Waals surface area contributed by atoms with Gasteiger partial charge in [-0.1, -0.05) is 12.1 Å². The van der Waals surface area contributed by atoms with Gasteiger partial charge in [0.15, 0.2) is 0 Å². The van der Waals surface area contributed by atoms with Crippen molar-refractivity contribution in [2.24, 2.45) is 12.8 Å². The van der Waals surface area contributed by atoms with E-state index >= 15 is 0 Å². The summed E-state index contributed by atoms with van der Waals surface area (Å²) < 4.78 is 2.04. The predicted molar refractivity (Wildman–Crippen MR) is 63.9 cm³/mol. The van der Waals surface area contributed by atoms with Crippen LogP contribution in [0.2, 0.25) is 0 Å². The smallest absolute Gasteiger partial charge is 0.139 e. The maximum absolute atomic E-state index is 6.02. The maximum atomic E-state index is 6.02. The molecule has 3 heteroatoms. The lowest BCUT2D eigenvalue weighted by atomic mass is 10.0. The second-order valence-corrected chi connectivity index (χ2v) is 4.42. The van der Waals surface area contributed by atoms with Crippen LogP contribution in [0.15, 0.2) is 30.6 Å². The number of fused-ring (bicyclic) bond motifs is 1. The van der Waals surface area contributed by atoms with Gasteiger partial charge in [0.05, 0.1) is 0 Å². The summed E-state index contributed by atoms with van der Waals surface area (Å²) in [7, 11) is 2.02. The van der Waals surface area contributed by atoms with E-state index in [1.165, 1.54) is 16.7 Å². The van der Waals surface area contributed by atoms with Crippen molar-refractivity contribution >= 4 is 0 Å². The highest BCUT2D eigenvalue weighted by atomic mass is 15.0. The fraction of sp³-hybridized carbons (Fsp3) is 0.308. The van der Waals surface area contributed by atoms with E-state index in [9.17, 15) is 0 Å². The van der Waals surface area contributed by atoms with Gasteiger partial charge in [0.25, 0.3) is 0 Å². The third-order valence-electron chi connectivity index (χ3n) is 3.35. The van der Waals surface area contributed by atoms with Gasteiger partial charge in [-0.05, 0) is 30.0 Å². The molecule has 0 saturated carbocycles.